The van der Waals surface area contributed by atoms with Crippen molar-refractivity contribution in [2.45, 2.75) is 13.8 Å². The lowest BCUT2D eigenvalue weighted by atomic mass is 10.1. The molecule has 0 aromatic rings. The third-order valence-corrected chi connectivity index (χ3v) is 2.62. The van der Waals surface area contributed by atoms with Crippen LogP contribution in [0, 0.1) is 0 Å². The highest BCUT2D eigenvalue weighted by Crippen LogP contribution is 2.34. The van der Waals surface area contributed by atoms with Gasteiger partial charge < -0.3 is 14.6 Å². The molecule has 0 aromatic heterocycles. The van der Waals surface area contributed by atoms with Gasteiger partial charge in [-0.3, -0.25) is 0 Å². The van der Waals surface area contributed by atoms with Crippen LogP contribution in [-0.2, 0) is 14.3 Å². The zero-order chi connectivity index (χ0) is 13.2. The van der Waals surface area contributed by atoms with Crippen molar-refractivity contribution < 1.29 is 24.0 Å². The molecule has 5 heteroatoms. The molecule has 0 spiro atoms. The van der Waals surface area contributed by atoms with Crippen LogP contribution in [0.2, 0.25) is 0 Å². The predicted molar refractivity (Wildman–Crippen MR) is 59.9 cm³/mol. The zero-order valence-electron chi connectivity index (χ0n) is 10.4. The Morgan fingerprint density at radius 2 is 2.00 bits per heavy atom. The Balaban J connectivity index is 3.52. The van der Waals surface area contributed by atoms with E-state index in [1.807, 2.05) is 0 Å². The topological polar surface area (TPSA) is 61.6 Å². The number of methoxy groups -OCH3 is 2. The van der Waals surface area contributed by atoms with Crippen molar-refractivity contribution in [1.82, 2.24) is 0 Å². The van der Waals surface area contributed by atoms with Crippen LogP contribution in [0.1, 0.15) is 13.8 Å². The second kappa shape index (κ2) is 4.86. The fourth-order valence-electron chi connectivity index (χ4n) is 1.72. The largest absolute Gasteiger partial charge is 0.616 e. The van der Waals surface area contributed by atoms with Crippen molar-refractivity contribution in [2.24, 2.45) is 0 Å². The molecule has 0 atom stereocenters. The fourth-order valence-corrected chi connectivity index (χ4v) is 1.72. The number of hydrogen-bond acceptors (Lipinski definition) is 4. The van der Waals surface area contributed by atoms with Crippen LogP contribution >= 0.6 is 0 Å². The molecule has 0 fully saturated rings. The van der Waals surface area contributed by atoms with Gasteiger partial charge in [-0.05, 0) is 20.1 Å². The number of carbonyl (C=O) groups is 1. The summed E-state index contributed by atoms with van der Waals surface area (Å²) >= 11 is 0. The smallest absolute Gasteiger partial charge is 0.345 e. The van der Waals surface area contributed by atoms with Gasteiger partial charge in [0.05, 0.1) is 18.6 Å². The standard InChI is InChI=1S/C12H15NO4/c1-6-8-10(12(15)17-5)9(11(14)16-4)7(2)13(8)3/h6H,3H2,1-2,4-5H3/b8-6-,12-10+. The van der Waals surface area contributed by atoms with E-state index in [1.165, 1.54) is 18.8 Å². The van der Waals surface area contributed by atoms with E-state index in [0.717, 1.165) is 0 Å². The average molecular weight is 237 g/mol. The molecule has 0 aliphatic carbocycles. The maximum absolute atomic E-state index is 11.7. The van der Waals surface area contributed by atoms with Crippen LogP contribution < -0.4 is 5.11 Å². The molecule has 1 rings (SSSR count). The Hall–Kier alpha value is -2.04. The van der Waals surface area contributed by atoms with Crippen molar-refractivity contribution in [2.75, 3.05) is 14.2 Å². The molecule has 0 bridgehead atoms. The minimum atomic E-state index is -0.580. The lowest BCUT2D eigenvalue weighted by Crippen LogP contribution is -2.15. The molecule has 0 N–H and O–H groups in total. The summed E-state index contributed by atoms with van der Waals surface area (Å²) in [5, 5.41) is 11.7. The maximum atomic E-state index is 11.7. The summed E-state index contributed by atoms with van der Waals surface area (Å²) in [6, 6.07) is 0. The van der Waals surface area contributed by atoms with Crippen molar-refractivity contribution in [1.29, 1.82) is 0 Å². The van der Waals surface area contributed by atoms with Crippen molar-refractivity contribution >= 4 is 12.7 Å². The zero-order valence-corrected chi connectivity index (χ0v) is 10.4. The highest BCUT2D eigenvalue weighted by atomic mass is 16.6. The van der Waals surface area contributed by atoms with Crippen molar-refractivity contribution in [3.05, 3.63) is 34.6 Å². The number of ether oxygens (including phenoxy) is 2. The van der Waals surface area contributed by atoms with Gasteiger partial charge in [0, 0.05) is 6.92 Å². The van der Waals surface area contributed by atoms with Crippen LogP contribution in [0.15, 0.2) is 34.6 Å². The number of carbonyl (C=O) groups excluding carboxylic acids is 1. The second-order valence-corrected chi connectivity index (χ2v) is 3.42. The highest BCUT2D eigenvalue weighted by molar-refractivity contribution is 5.96. The van der Waals surface area contributed by atoms with E-state index in [0.29, 0.717) is 11.4 Å². The minimum absolute atomic E-state index is 0.189. The van der Waals surface area contributed by atoms with Gasteiger partial charge in [-0.15, -0.1) is 0 Å². The van der Waals surface area contributed by atoms with E-state index >= 15 is 0 Å². The Labute approximate surface area is 100.0 Å². The molecule has 5 nitrogen and oxygen atoms in total. The molecule has 0 unspecified atom stereocenters. The van der Waals surface area contributed by atoms with Gasteiger partial charge in [0.2, 0.25) is 5.70 Å². The average Bonchev–Trinajstić information content (AvgIpc) is 2.60. The first-order valence-electron chi connectivity index (χ1n) is 5.01. The molecule has 0 saturated heterocycles. The van der Waals surface area contributed by atoms with Crippen molar-refractivity contribution in [3.63, 3.8) is 0 Å². The van der Waals surface area contributed by atoms with Crippen LogP contribution in [0.25, 0.3) is 0 Å². The number of esters is 1. The molecule has 17 heavy (non-hydrogen) atoms. The van der Waals surface area contributed by atoms with E-state index in [4.69, 9.17) is 0 Å². The lowest BCUT2D eigenvalue weighted by Gasteiger charge is -2.12. The Morgan fingerprint density at radius 1 is 1.41 bits per heavy atom. The molecule has 1 aliphatic rings. The number of rotatable bonds is 2. The summed E-state index contributed by atoms with van der Waals surface area (Å²) in [6.07, 6.45) is 1.69. The third kappa shape index (κ3) is 1.95. The first kappa shape index (κ1) is 13.0. The van der Waals surface area contributed by atoms with E-state index in [-0.39, 0.29) is 11.1 Å². The number of allylic oxidation sites excluding steroid dienone is 3. The molecule has 1 heterocycles. The van der Waals surface area contributed by atoms with Crippen LogP contribution in [-0.4, -0.2) is 31.5 Å². The van der Waals surface area contributed by atoms with Crippen LogP contribution in [0.4, 0.5) is 0 Å². The Morgan fingerprint density at radius 3 is 2.41 bits per heavy atom. The quantitative estimate of drug-likeness (QED) is 0.393. The second-order valence-electron chi connectivity index (χ2n) is 3.42. The van der Waals surface area contributed by atoms with E-state index < -0.39 is 11.9 Å². The highest BCUT2D eigenvalue weighted by Gasteiger charge is 2.39. The molecular formula is C12H15NO4. The summed E-state index contributed by atoms with van der Waals surface area (Å²) in [4.78, 5) is 11.7. The third-order valence-electron chi connectivity index (χ3n) is 2.62. The fraction of sp³-hybridized carbons (Fsp3) is 0.333. The maximum Gasteiger partial charge on any atom is 0.345 e. The van der Waals surface area contributed by atoms with Crippen molar-refractivity contribution in [3.8, 4) is 0 Å². The van der Waals surface area contributed by atoms with Crippen LogP contribution in [0.5, 0.6) is 0 Å². The van der Waals surface area contributed by atoms with Gasteiger partial charge in [-0.2, -0.15) is 4.58 Å². The monoisotopic (exact) mass is 237 g/mol. The normalized spacial score (nSPS) is 20.9. The molecule has 1 aliphatic heterocycles. The van der Waals surface area contributed by atoms with E-state index in [1.54, 1.807) is 19.9 Å². The van der Waals surface area contributed by atoms with Gasteiger partial charge >= 0.3 is 5.97 Å². The summed E-state index contributed by atoms with van der Waals surface area (Å²) in [7, 11) is 2.52. The SMILES string of the molecule is C=[N+]1C(C)=C(C(=O)OC)C(=C(\[O-])OC)/C1=C/C. The summed E-state index contributed by atoms with van der Waals surface area (Å²) in [6.45, 7) is 7.22. The van der Waals surface area contributed by atoms with Gasteiger partial charge in [0.25, 0.3) is 0 Å². The molecular weight excluding hydrogens is 222 g/mol. The first-order chi connectivity index (χ1) is 7.99. The number of nitrogens with zero attached hydrogens (tertiary/aromatic N) is 1. The number of hydrogen-bond donors (Lipinski definition) is 0. The molecule has 0 radical (unpaired) electrons. The summed E-state index contributed by atoms with van der Waals surface area (Å²) in [5.74, 6) is -1.16. The van der Waals surface area contributed by atoms with E-state index in [2.05, 4.69) is 16.2 Å². The lowest BCUT2D eigenvalue weighted by molar-refractivity contribution is -0.404. The minimum Gasteiger partial charge on any atom is -0.616 e. The predicted octanol–water partition coefficient (Wildman–Crippen LogP) is 0.282. The van der Waals surface area contributed by atoms with Gasteiger partial charge in [0.15, 0.2) is 5.70 Å². The molecule has 92 valence electrons. The molecule has 0 aromatic carbocycles. The van der Waals surface area contributed by atoms with Crippen LogP contribution in [0.3, 0.4) is 0 Å². The van der Waals surface area contributed by atoms with E-state index in [9.17, 15) is 9.90 Å². The first-order valence-corrected chi connectivity index (χ1v) is 5.01. The van der Waals surface area contributed by atoms with Gasteiger partial charge in [0.1, 0.15) is 12.3 Å². The Kier molecular flexibility index (Phi) is 3.73. The Bertz CT molecular complexity index is 469. The summed E-state index contributed by atoms with van der Waals surface area (Å²) < 4.78 is 10.9. The molecule has 0 amide bonds. The van der Waals surface area contributed by atoms with Gasteiger partial charge in [-0.25, -0.2) is 4.79 Å². The van der Waals surface area contributed by atoms with Gasteiger partial charge in [-0.1, -0.05) is 0 Å². The molecule has 0 saturated carbocycles. The summed E-state index contributed by atoms with van der Waals surface area (Å²) in [5.41, 5.74) is 1.48.